The van der Waals surface area contributed by atoms with Crippen LogP contribution in [0.15, 0.2) is 30.3 Å². The Hall–Kier alpha value is -1.00. The summed E-state index contributed by atoms with van der Waals surface area (Å²) in [6.45, 7) is 2.51. The van der Waals surface area contributed by atoms with Crippen LogP contribution in [0.5, 0.6) is 0 Å². The Kier molecular flexibility index (Phi) is 6.74. The van der Waals surface area contributed by atoms with Crippen molar-refractivity contribution in [2.75, 3.05) is 19.8 Å². The van der Waals surface area contributed by atoms with Crippen LogP contribution in [0, 0.1) is 0 Å². The lowest BCUT2D eigenvalue weighted by Gasteiger charge is -2.13. The molecule has 1 rings (SSSR count). The quantitative estimate of drug-likeness (QED) is 0.708. The zero-order valence-electron chi connectivity index (χ0n) is 10.0. The predicted octanol–water partition coefficient (Wildman–Crippen LogP) is 2.49. The largest absolute Gasteiger partial charge is 0.374 e. The van der Waals surface area contributed by atoms with Gasteiger partial charge < -0.3 is 10.1 Å². The van der Waals surface area contributed by atoms with Gasteiger partial charge in [-0.2, -0.15) is 0 Å². The normalized spacial score (nSPS) is 12.9. The minimum atomic E-state index is -2.38. The first-order chi connectivity index (χ1) is 8.18. The molecule has 0 bridgehead atoms. The number of hydrogen-bond donors (Lipinski definition) is 1. The topological polar surface area (TPSA) is 21.3 Å². The monoisotopic (exact) mass is 243 g/mol. The van der Waals surface area contributed by atoms with Crippen molar-refractivity contribution < 1.29 is 13.5 Å². The molecule has 0 aliphatic heterocycles. The molecule has 0 amide bonds. The van der Waals surface area contributed by atoms with Crippen molar-refractivity contribution in [3.8, 4) is 0 Å². The first-order valence-electron chi connectivity index (χ1n) is 5.81. The van der Waals surface area contributed by atoms with Crippen LogP contribution in [0.25, 0.3) is 0 Å². The van der Waals surface area contributed by atoms with Gasteiger partial charge in [-0.05, 0) is 18.9 Å². The SMILES string of the molecule is CC(Cc1ccccc1)NCCOCC(F)F. The van der Waals surface area contributed by atoms with Gasteiger partial charge in [0.15, 0.2) is 0 Å². The predicted molar refractivity (Wildman–Crippen MR) is 64.4 cm³/mol. The van der Waals surface area contributed by atoms with Crippen molar-refractivity contribution in [3.63, 3.8) is 0 Å². The van der Waals surface area contributed by atoms with Crippen LogP contribution < -0.4 is 5.32 Å². The summed E-state index contributed by atoms with van der Waals surface area (Å²) in [5, 5.41) is 3.23. The van der Waals surface area contributed by atoms with Gasteiger partial charge >= 0.3 is 0 Å². The lowest BCUT2D eigenvalue weighted by molar-refractivity contribution is 0.0183. The van der Waals surface area contributed by atoms with E-state index in [1.807, 2.05) is 18.2 Å². The van der Waals surface area contributed by atoms with E-state index in [2.05, 4.69) is 24.4 Å². The fourth-order valence-electron chi connectivity index (χ4n) is 1.59. The molecular weight excluding hydrogens is 224 g/mol. The van der Waals surface area contributed by atoms with Gasteiger partial charge in [-0.3, -0.25) is 0 Å². The molecule has 96 valence electrons. The third kappa shape index (κ3) is 7.02. The van der Waals surface area contributed by atoms with Gasteiger partial charge in [0.25, 0.3) is 6.43 Å². The van der Waals surface area contributed by atoms with Crippen LogP contribution in [0.1, 0.15) is 12.5 Å². The van der Waals surface area contributed by atoms with Gasteiger partial charge in [-0.25, -0.2) is 8.78 Å². The van der Waals surface area contributed by atoms with Crippen LogP contribution in [0.4, 0.5) is 8.78 Å². The van der Waals surface area contributed by atoms with E-state index < -0.39 is 13.0 Å². The molecule has 2 nitrogen and oxygen atoms in total. The van der Waals surface area contributed by atoms with E-state index in [4.69, 9.17) is 4.74 Å². The van der Waals surface area contributed by atoms with Crippen molar-refractivity contribution in [2.45, 2.75) is 25.8 Å². The van der Waals surface area contributed by atoms with Gasteiger partial charge in [0.05, 0.1) is 6.61 Å². The van der Waals surface area contributed by atoms with E-state index in [1.54, 1.807) is 0 Å². The number of rotatable bonds is 8. The summed E-state index contributed by atoms with van der Waals surface area (Å²) in [6.07, 6.45) is -1.45. The summed E-state index contributed by atoms with van der Waals surface area (Å²) in [5.74, 6) is 0. The summed E-state index contributed by atoms with van der Waals surface area (Å²) in [5.41, 5.74) is 1.26. The lowest BCUT2D eigenvalue weighted by atomic mass is 10.1. The molecule has 1 unspecified atom stereocenters. The zero-order chi connectivity index (χ0) is 12.5. The fraction of sp³-hybridized carbons (Fsp3) is 0.538. The van der Waals surface area contributed by atoms with E-state index in [1.165, 1.54) is 5.56 Å². The second-order valence-electron chi connectivity index (χ2n) is 4.01. The molecule has 0 radical (unpaired) electrons. The third-order valence-electron chi connectivity index (χ3n) is 2.37. The van der Waals surface area contributed by atoms with E-state index >= 15 is 0 Å². The number of ether oxygens (including phenoxy) is 1. The number of hydrogen-bond acceptors (Lipinski definition) is 2. The smallest absolute Gasteiger partial charge is 0.261 e. The highest BCUT2D eigenvalue weighted by atomic mass is 19.3. The molecule has 0 saturated carbocycles. The molecule has 0 aliphatic carbocycles. The Balaban J connectivity index is 2.07. The van der Waals surface area contributed by atoms with Crippen molar-refractivity contribution in [1.82, 2.24) is 5.32 Å². The first-order valence-corrected chi connectivity index (χ1v) is 5.81. The van der Waals surface area contributed by atoms with Crippen LogP contribution in [-0.2, 0) is 11.2 Å². The number of nitrogens with one attached hydrogen (secondary N) is 1. The summed E-state index contributed by atoms with van der Waals surface area (Å²) in [6, 6.07) is 10.5. The number of benzene rings is 1. The molecule has 17 heavy (non-hydrogen) atoms. The summed E-state index contributed by atoms with van der Waals surface area (Å²) < 4.78 is 28.3. The number of halogens is 2. The van der Waals surface area contributed by atoms with Crippen molar-refractivity contribution in [3.05, 3.63) is 35.9 Å². The zero-order valence-corrected chi connectivity index (χ0v) is 10.0. The Morgan fingerprint density at radius 2 is 1.94 bits per heavy atom. The molecule has 0 spiro atoms. The Morgan fingerprint density at radius 1 is 1.24 bits per heavy atom. The van der Waals surface area contributed by atoms with Gasteiger partial charge in [0.1, 0.15) is 6.61 Å². The highest BCUT2D eigenvalue weighted by molar-refractivity contribution is 5.15. The minimum absolute atomic E-state index is 0.313. The summed E-state index contributed by atoms with van der Waals surface area (Å²) >= 11 is 0. The highest BCUT2D eigenvalue weighted by Crippen LogP contribution is 2.02. The number of alkyl halides is 2. The van der Waals surface area contributed by atoms with Gasteiger partial charge in [-0.15, -0.1) is 0 Å². The lowest BCUT2D eigenvalue weighted by Crippen LogP contribution is -2.31. The maximum Gasteiger partial charge on any atom is 0.261 e. The average Bonchev–Trinajstić information content (AvgIpc) is 2.29. The molecule has 0 aromatic heterocycles. The van der Waals surface area contributed by atoms with E-state index in [0.717, 1.165) is 6.42 Å². The second-order valence-corrected chi connectivity index (χ2v) is 4.01. The molecule has 4 heteroatoms. The molecule has 1 aromatic carbocycles. The molecule has 1 aromatic rings. The molecule has 0 heterocycles. The maximum atomic E-state index is 11.8. The standard InChI is InChI=1S/C13H19F2NO/c1-11(9-12-5-3-2-4-6-12)16-7-8-17-10-13(14)15/h2-6,11,13,16H,7-10H2,1H3. The van der Waals surface area contributed by atoms with Gasteiger partial charge in [0.2, 0.25) is 0 Å². The highest BCUT2D eigenvalue weighted by Gasteiger charge is 2.03. The van der Waals surface area contributed by atoms with E-state index in [9.17, 15) is 8.78 Å². The Morgan fingerprint density at radius 3 is 2.59 bits per heavy atom. The molecule has 1 N–H and O–H groups in total. The van der Waals surface area contributed by atoms with E-state index in [-0.39, 0.29) is 0 Å². The van der Waals surface area contributed by atoms with Crippen LogP contribution in [-0.4, -0.2) is 32.2 Å². The summed E-state index contributed by atoms with van der Waals surface area (Å²) in [4.78, 5) is 0. The van der Waals surface area contributed by atoms with Crippen molar-refractivity contribution in [2.24, 2.45) is 0 Å². The summed E-state index contributed by atoms with van der Waals surface area (Å²) in [7, 11) is 0. The Bertz CT molecular complexity index is 293. The average molecular weight is 243 g/mol. The Labute approximate surface area is 101 Å². The van der Waals surface area contributed by atoms with E-state index in [0.29, 0.717) is 19.2 Å². The van der Waals surface area contributed by atoms with Gasteiger partial charge in [-0.1, -0.05) is 30.3 Å². The minimum Gasteiger partial charge on any atom is -0.374 e. The molecule has 0 saturated heterocycles. The van der Waals surface area contributed by atoms with Crippen molar-refractivity contribution in [1.29, 1.82) is 0 Å². The first kappa shape index (κ1) is 14.1. The van der Waals surface area contributed by atoms with Gasteiger partial charge in [0, 0.05) is 12.6 Å². The molecule has 1 atom stereocenters. The van der Waals surface area contributed by atoms with Crippen molar-refractivity contribution >= 4 is 0 Å². The molecule has 0 aliphatic rings. The molecule has 0 fully saturated rings. The van der Waals surface area contributed by atoms with Crippen LogP contribution >= 0.6 is 0 Å². The molecular formula is C13H19F2NO. The van der Waals surface area contributed by atoms with Crippen LogP contribution in [0.3, 0.4) is 0 Å². The van der Waals surface area contributed by atoms with Crippen LogP contribution in [0.2, 0.25) is 0 Å². The second kappa shape index (κ2) is 8.14. The third-order valence-corrected chi connectivity index (χ3v) is 2.37. The fourth-order valence-corrected chi connectivity index (χ4v) is 1.59. The maximum absolute atomic E-state index is 11.8.